The zero-order valence-corrected chi connectivity index (χ0v) is 23.7. The van der Waals surface area contributed by atoms with E-state index in [0.717, 1.165) is 17.4 Å². The average Bonchev–Trinajstić information content (AvgIpc) is 2.94. The van der Waals surface area contributed by atoms with Crippen molar-refractivity contribution in [1.82, 2.24) is 15.1 Å². The summed E-state index contributed by atoms with van der Waals surface area (Å²) < 4.78 is 26.3. The standard InChI is InChI=1S/C30H32ClN3O5S/c1-40(37,38)33-23-15-17-24(18-16-23)34-28(21-11-13-22(31)14-12-21)27(25-9-5-6-10-26(25)30(34)36)29(35)32-39-19-20-7-3-2-4-8-20/h2-14,23-24,27-28,33H,15-19H2,1H3,(H,32,35)/t23-,24-,27-,28+/m1/s1. The van der Waals surface area contributed by atoms with E-state index < -0.39 is 22.0 Å². The van der Waals surface area contributed by atoms with Crippen molar-refractivity contribution in [3.63, 3.8) is 0 Å². The van der Waals surface area contributed by atoms with Crippen LogP contribution in [0.2, 0.25) is 5.02 Å². The molecule has 2 N–H and O–H groups in total. The number of benzene rings is 3. The first kappa shape index (κ1) is 28.3. The molecular formula is C30H32ClN3O5S. The van der Waals surface area contributed by atoms with Gasteiger partial charge in [0, 0.05) is 22.7 Å². The van der Waals surface area contributed by atoms with E-state index in [2.05, 4.69) is 10.2 Å². The second-order valence-corrected chi connectivity index (χ2v) is 12.6. The van der Waals surface area contributed by atoms with Crippen LogP contribution in [0.25, 0.3) is 0 Å². The molecule has 2 amide bonds. The van der Waals surface area contributed by atoms with Crippen LogP contribution in [0, 0.1) is 0 Å². The molecule has 0 unspecified atom stereocenters. The Balaban J connectivity index is 1.48. The fraction of sp³-hybridized carbons (Fsp3) is 0.333. The van der Waals surface area contributed by atoms with Crippen molar-refractivity contribution in [3.8, 4) is 0 Å². The van der Waals surface area contributed by atoms with Gasteiger partial charge in [-0.3, -0.25) is 14.4 Å². The predicted molar refractivity (Wildman–Crippen MR) is 153 cm³/mol. The summed E-state index contributed by atoms with van der Waals surface area (Å²) in [5.74, 6) is -1.24. The lowest BCUT2D eigenvalue weighted by atomic mass is 9.77. The van der Waals surface area contributed by atoms with Gasteiger partial charge in [0.15, 0.2) is 0 Å². The summed E-state index contributed by atoms with van der Waals surface area (Å²) >= 11 is 6.20. The minimum atomic E-state index is -3.33. The third-order valence-electron chi connectivity index (χ3n) is 7.60. The highest BCUT2D eigenvalue weighted by atomic mass is 35.5. The minimum Gasteiger partial charge on any atom is -0.327 e. The SMILES string of the molecule is CS(=O)(=O)N[C@H]1CC[C@H](N2C(=O)c3ccccc3[C@@H](C(=O)NOCc3ccccc3)[C@@H]2c2ccc(Cl)cc2)CC1. The van der Waals surface area contributed by atoms with E-state index in [1.165, 1.54) is 0 Å². The number of sulfonamides is 1. The van der Waals surface area contributed by atoms with Gasteiger partial charge >= 0.3 is 0 Å². The van der Waals surface area contributed by atoms with Crippen molar-refractivity contribution >= 4 is 33.4 Å². The highest BCUT2D eigenvalue weighted by molar-refractivity contribution is 7.88. The van der Waals surface area contributed by atoms with Gasteiger partial charge in [-0.15, -0.1) is 0 Å². The van der Waals surface area contributed by atoms with E-state index in [0.29, 0.717) is 41.8 Å². The van der Waals surface area contributed by atoms with Crippen LogP contribution in [-0.2, 0) is 26.3 Å². The molecule has 0 spiro atoms. The number of carbonyl (C=O) groups is 2. The molecule has 1 fully saturated rings. The van der Waals surface area contributed by atoms with Gasteiger partial charge in [0.2, 0.25) is 10.0 Å². The van der Waals surface area contributed by atoms with E-state index >= 15 is 0 Å². The Morgan fingerprint density at radius 2 is 1.60 bits per heavy atom. The second kappa shape index (κ2) is 12.1. The van der Waals surface area contributed by atoms with Gasteiger partial charge in [-0.05, 0) is 60.6 Å². The third-order valence-corrected chi connectivity index (χ3v) is 8.61. The van der Waals surface area contributed by atoms with E-state index in [9.17, 15) is 18.0 Å². The molecule has 2 aliphatic rings. The predicted octanol–water partition coefficient (Wildman–Crippen LogP) is 4.73. The number of hydroxylamine groups is 1. The maximum Gasteiger partial charge on any atom is 0.254 e. The van der Waals surface area contributed by atoms with Crippen LogP contribution in [0.5, 0.6) is 0 Å². The van der Waals surface area contributed by atoms with Crippen LogP contribution in [0.1, 0.15) is 64.7 Å². The fourth-order valence-corrected chi connectivity index (χ4v) is 6.82. The molecule has 3 aromatic rings. The van der Waals surface area contributed by atoms with Crippen molar-refractivity contribution in [3.05, 3.63) is 106 Å². The van der Waals surface area contributed by atoms with Crippen molar-refractivity contribution < 1.29 is 22.8 Å². The molecule has 0 bridgehead atoms. The quantitative estimate of drug-likeness (QED) is 0.374. The van der Waals surface area contributed by atoms with Crippen LogP contribution >= 0.6 is 11.6 Å². The first-order chi connectivity index (χ1) is 19.2. The Hall–Kier alpha value is -3.24. The summed E-state index contributed by atoms with van der Waals surface area (Å²) in [5, 5.41) is 0.553. The molecule has 210 valence electrons. The molecule has 10 heteroatoms. The molecule has 0 radical (unpaired) electrons. The molecule has 8 nitrogen and oxygen atoms in total. The summed E-state index contributed by atoms with van der Waals surface area (Å²) in [6, 6.07) is 23.0. The third kappa shape index (κ3) is 6.39. The van der Waals surface area contributed by atoms with Crippen molar-refractivity contribution in [2.45, 2.75) is 56.3 Å². The Labute approximate surface area is 239 Å². The number of hydrogen-bond donors (Lipinski definition) is 2. The highest BCUT2D eigenvalue weighted by Gasteiger charge is 2.47. The van der Waals surface area contributed by atoms with Gasteiger partial charge in [0.05, 0.1) is 24.8 Å². The number of nitrogens with one attached hydrogen (secondary N) is 2. The smallest absolute Gasteiger partial charge is 0.254 e. The van der Waals surface area contributed by atoms with Crippen molar-refractivity contribution in [2.24, 2.45) is 0 Å². The maximum atomic E-state index is 14.1. The molecular weight excluding hydrogens is 550 g/mol. The minimum absolute atomic E-state index is 0.149. The number of nitrogens with zero attached hydrogens (tertiary/aromatic N) is 1. The Morgan fingerprint density at radius 1 is 0.950 bits per heavy atom. The van der Waals surface area contributed by atoms with E-state index in [1.54, 1.807) is 24.3 Å². The lowest BCUT2D eigenvalue weighted by Gasteiger charge is -2.47. The maximum absolute atomic E-state index is 14.1. The largest absolute Gasteiger partial charge is 0.327 e. The van der Waals surface area contributed by atoms with E-state index in [-0.39, 0.29) is 30.5 Å². The molecule has 0 aromatic heterocycles. The summed E-state index contributed by atoms with van der Waals surface area (Å²) in [6.45, 7) is 0.201. The number of amides is 2. The number of fused-ring (bicyclic) bond motifs is 1. The van der Waals surface area contributed by atoms with Gasteiger partial charge < -0.3 is 4.90 Å². The van der Waals surface area contributed by atoms with Gasteiger partial charge in [0.25, 0.3) is 11.8 Å². The average molecular weight is 582 g/mol. The van der Waals surface area contributed by atoms with Crippen molar-refractivity contribution in [1.29, 1.82) is 0 Å². The van der Waals surface area contributed by atoms with Crippen molar-refractivity contribution in [2.75, 3.05) is 6.26 Å². The number of halogens is 1. The topological polar surface area (TPSA) is 105 Å². The Bertz CT molecular complexity index is 1460. The first-order valence-electron chi connectivity index (χ1n) is 13.3. The lowest BCUT2D eigenvalue weighted by molar-refractivity contribution is -0.138. The van der Waals surface area contributed by atoms with E-state index in [4.69, 9.17) is 16.4 Å². The normalized spacial score (nSPS) is 22.9. The van der Waals surface area contributed by atoms with Crippen LogP contribution in [0.4, 0.5) is 0 Å². The molecule has 3 aromatic carbocycles. The van der Waals surface area contributed by atoms with Gasteiger partial charge in [0.1, 0.15) is 0 Å². The highest BCUT2D eigenvalue weighted by Crippen LogP contribution is 2.46. The molecule has 5 rings (SSSR count). The summed E-state index contributed by atoms with van der Waals surface area (Å²) in [6.07, 6.45) is 3.54. The van der Waals surface area contributed by atoms with Gasteiger partial charge in [-0.1, -0.05) is 72.3 Å². The molecule has 1 aliphatic heterocycles. The lowest BCUT2D eigenvalue weighted by Crippen LogP contribution is -2.53. The number of rotatable bonds is 8. The molecule has 0 saturated heterocycles. The second-order valence-electron chi connectivity index (χ2n) is 10.4. The number of carbonyl (C=O) groups excluding carboxylic acids is 2. The first-order valence-corrected chi connectivity index (χ1v) is 15.6. The number of hydrogen-bond acceptors (Lipinski definition) is 5. The zero-order chi connectivity index (χ0) is 28.3. The Morgan fingerprint density at radius 3 is 2.27 bits per heavy atom. The van der Waals surface area contributed by atoms with Crippen LogP contribution in [0.15, 0.2) is 78.9 Å². The summed E-state index contributed by atoms with van der Waals surface area (Å²) in [7, 11) is -3.33. The van der Waals surface area contributed by atoms with Gasteiger partial charge in [-0.2, -0.15) is 0 Å². The molecule has 2 atom stereocenters. The van der Waals surface area contributed by atoms with E-state index in [1.807, 2.05) is 59.5 Å². The molecule has 1 heterocycles. The fourth-order valence-electron chi connectivity index (χ4n) is 5.85. The van der Waals surface area contributed by atoms with Gasteiger partial charge in [-0.25, -0.2) is 18.6 Å². The van der Waals surface area contributed by atoms with Crippen LogP contribution in [-0.4, -0.2) is 43.5 Å². The Kier molecular flexibility index (Phi) is 8.56. The molecule has 40 heavy (non-hydrogen) atoms. The van der Waals surface area contributed by atoms with Crippen LogP contribution < -0.4 is 10.2 Å². The summed E-state index contributed by atoms with van der Waals surface area (Å²) in [5.41, 5.74) is 5.46. The zero-order valence-electron chi connectivity index (χ0n) is 22.1. The molecule has 1 aliphatic carbocycles. The monoisotopic (exact) mass is 581 g/mol. The molecule has 1 saturated carbocycles. The van der Waals surface area contributed by atoms with Crippen LogP contribution in [0.3, 0.4) is 0 Å². The summed E-state index contributed by atoms with van der Waals surface area (Å²) in [4.78, 5) is 35.4.